The van der Waals surface area contributed by atoms with E-state index in [1.165, 1.54) is 0 Å². The molecule has 0 radical (unpaired) electrons. The van der Waals surface area contributed by atoms with Crippen LogP contribution >= 0.6 is 0 Å². The number of nitriles is 1. The highest BCUT2D eigenvalue weighted by Crippen LogP contribution is 2.38. The van der Waals surface area contributed by atoms with Crippen molar-refractivity contribution in [3.8, 4) is 6.07 Å². The van der Waals surface area contributed by atoms with Gasteiger partial charge in [-0.15, -0.1) is 0 Å². The molecule has 0 spiro atoms. The summed E-state index contributed by atoms with van der Waals surface area (Å²) in [6.45, 7) is 3.82. The lowest BCUT2D eigenvalue weighted by molar-refractivity contribution is -0.126. The second kappa shape index (κ2) is 4.21. The lowest BCUT2D eigenvalue weighted by Gasteiger charge is -2.17. The zero-order valence-electron chi connectivity index (χ0n) is 10.1. The third kappa shape index (κ3) is 2.16. The van der Waals surface area contributed by atoms with Crippen molar-refractivity contribution in [2.75, 3.05) is 5.32 Å². The van der Waals surface area contributed by atoms with Crippen molar-refractivity contribution in [1.82, 2.24) is 0 Å². The van der Waals surface area contributed by atoms with Gasteiger partial charge in [-0.1, -0.05) is 32.0 Å². The van der Waals surface area contributed by atoms with E-state index in [1.54, 1.807) is 0 Å². The molecule has 1 N–H and O–H groups in total. The van der Waals surface area contributed by atoms with Gasteiger partial charge in [-0.25, -0.2) is 0 Å². The van der Waals surface area contributed by atoms with Crippen molar-refractivity contribution in [3.05, 3.63) is 30.3 Å². The number of Topliss-reactive ketones (excluding diaryl/α,β-unsaturated/α-hetero) is 1. The minimum atomic E-state index is -0.537. The summed E-state index contributed by atoms with van der Waals surface area (Å²) >= 11 is 0. The average molecular weight is 228 g/mol. The molecule has 0 heterocycles. The molecule has 1 fully saturated rings. The minimum Gasteiger partial charge on any atom is -0.380 e. The number of hydrogen-bond acceptors (Lipinski definition) is 3. The van der Waals surface area contributed by atoms with Crippen LogP contribution in [0.2, 0.25) is 0 Å². The number of nitrogens with zero attached hydrogens (tertiary/aromatic N) is 1. The fourth-order valence-corrected chi connectivity index (χ4v) is 2.40. The number of anilines is 1. The topological polar surface area (TPSA) is 52.9 Å². The van der Waals surface area contributed by atoms with Crippen molar-refractivity contribution in [1.29, 1.82) is 5.26 Å². The maximum absolute atomic E-state index is 12.0. The summed E-state index contributed by atoms with van der Waals surface area (Å²) in [5.41, 5.74) is 0.565. The molecule has 2 rings (SSSR count). The van der Waals surface area contributed by atoms with Crippen LogP contribution in [0.25, 0.3) is 0 Å². The highest BCUT2D eigenvalue weighted by Gasteiger charge is 2.47. The monoisotopic (exact) mass is 228 g/mol. The van der Waals surface area contributed by atoms with E-state index in [0.717, 1.165) is 5.69 Å². The largest absolute Gasteiger partial charge is 0.380 e. The Labute approximate surface area is 101 Å². The molecular weight excluding hydrogens is 212 g/mol. The zero-order valence-corrected chi connectivity index (χ0v) is 10.1. The Morgan fingerprint density at radius 2 is 2.00 bits per heavy atom. The fraction of sp³-hybridized carbons (Fsp3) is 0.429. The summed E-state index contributed by atoms with van der Waals surface area (Å²) in [7, 11) is 0. The van der Waals surface area contributed by atoms with Crippen molar-refractivity contribution in [2.45, 2.75) is 26.3 Å². The van der Waals surface area contributed by atoms with Crippen LogP contribution in [-0.2, 0) is 4.79 Å². The molecule has 17 heavy (non-hydrogen) atoms. The van der Waals surface area contributed by atoms with Gasteiger partial charge in [0, 0.05) is 17.1 Å². The fourth-order valence-electron chi connectivity index (χ4n) is 2.40. The lowest BCUT2D eigenvalue weighted by atomic mass is 9.89. The highest BCUT2D eigenvalue weighted by molar-refractivity contribution is 5.92. The Hall–Kier alpha value is -1.82. The Bertz CT molecular complexity index is 459. The SMILES string of the molecule is CC1(C)CC(Nc2ccccc2)C(C#N)C1=O. The molecule has 0 aliphatic heterocycles. The van der Waals surface area contributed by atoms with Crippen LogP contribution in [0.3, 0.4) is 0 Å². The lowest BCUT2D eigenvalue weighted by Crippen LogP contribution is -2.26. The number of nitrogens with one attached hydrogen (secondary N) is 1. The maximum Gasteiger partial charge on any atom is 0.157 e. The molecule has 1 aliphatic carbocycles. The molecule has 88 valence electrons. The van der Waals surface area contributed by atoms with E-state index in [-0.39, 0.29) is 11.8 Å². The first kappa shape index (κ1) is 11.7. The molecule has 1 aromatic rings. The second-order valence-corrected chi connectivity index (χ2v) is 5.18. The van der Waals surface area contributed by atoms with E-state index in [2.05, 4.69) is 11.4 Å². The highest BCUT2D eigenvalue weighted by atomic mass is 16.1. The number of para-hydroxylation sites is 1. The Balaban J connectivity index is 2.18. The Morgan fingerprint density at radius 1 is 1.35 bits per heavy atom. The first-order valence-electron chi connectivity index (χ1n) is 5.80. The number of carbonyl (C=O) groups excluding carboxylic acids is 1. The van der Waals surface area contributed by atoms with Gasteiger partial charge in [-0.3, -0.25) is 4.79 Å². The van der Waals surface area contributed by atoms with Gasteiger partial charge >= 0.3 is 0 Å². The molecule has 1 aliphatic rings. The van der Waals surface area contributed by atoms with Gasteiger partial charge in [0.1, 0.15) is 5.92 Å². The van der Waals surface area contributed by atoms with Crippen LogP contribution in [0.15, 0.2) is 30.3 Å². The quantitative estimate of drug-likeness (QED) is 0.846. The Kier molecular flexibility index (Phi) is 2.89. The van der Waals surface area contributed by atoms with Gasteiger partial charge in [-0.2, -0.15) is 5.26 Å². The smallest absolute Gasteiger partial charge is 0.157 e. The van der Waals surface area contributed by atoms with Crippen LogP contribution in [0, 0.1) is 22.7 Å². The molecule has 3 nitrogen and oxygen atoms in total. The minimum absolute atomic E-state index is 0.0495. The van der Waals surface area contributed by atoms with Gasteiger partial charge in [0.25, 0.3) is 0 Å². The number of rotatable bonds is 2. The number of benzene rings is 1. The van der Waals surface area contributed by atoms with Crippen LogP contribution in [0.5, 0.6) is 0 Å². The zero-order chi connectivity index (χ0) is 12.5. The molecule has 1 saturated carbocycles. The standard InChI is InChI=1S/C14H16N2O/c1-14(2)8-12(11(9-15)13(14)17)16-10-6-4-3-5-7-10/h3-7,11-12,16H,8H2,1-2H3. The van der Waals surface area contributed by atoms with E-state index < -0.39 is 11.3 Å². The molecule has 0 bridgehead atoms. The molecule has 3 heteroatoms. The number of ketones is 1. The average Bonchev–Trinajstić information content (AvgIpc) is 2.51. The summed E-state index contributed by atoms with van der Waals surface area (Å²) in [5.74, 6) is -0.487. The summed E-state index contributed by atoms with van der Waals surface area (Å²) in [5, 5.41) is 12.4. The summed E-state index contributed by atoms with van der Waals surface area (Å²) in [6.07, 6.45) is 0.707. The van der Waals surface area contributed by atoms with Crippen LogP contribution in [0.4, 0.5) is 5.69 Å². The first-order valence-corrected chi connectivity index (χ1v) is 5.80. The molecule has 0 saturated heterocycles. The van der Waals surface area contributed by atoms with Crippen LogP contribution in [-0.4, -0.2) is 11.8 Å². The maximum atomic E-state index is 12.0. The van der Waals surface area contributed by atoms with Gasteiger partial charge < -0.3 is 5.32 Å². The van der Waals surface area contributed by atoms with E-state index in [1.807, 2.05) is 44.2 Å². The first-order chi connectivity index (χ1) is 8.04. The normalized spacial score (nSPS) is 26.5. The molecule has 0 amide bonds. The molecule has 2 atom stereocenters. The van der Waals surface area contributed by atoms with Crippen molar-refractivity contribution in [3.63, 3.8) is 0 Å². The van der Waals surface area contributed by atoms with E-state index in [0.29, 0.717) is 6.42 Å². The third-order valence-electron chi connectivity index (χ3n) is 3.35. The molecule has 2 unspecified atom stereocenters. The molecule has 1 aromatic carbocycles. The number of carbonyl (C=O) groups is 1. The van der Waals surface area contributed by atoms with E-state index in [4.69, 9.17) is 5.26 Å². The van der Waals surface area contributed by atoms with Gasteiger partial charge in [0.15, 0.2) is 5.78 Å². The van der Waals surface area contributed by atoms with Gasteiger partial charge in [0.2, 0.25) is 0 Å². The van der Waals surface area contributed by atoms with E-state index in [9.17, 15) is 4.79 Å². The number of hydrogen-bond donors (Lipinski definition) is 1. The predicted octanol–water partition coefficient (Wildman–Crippen LogP) is 2.61. The summed E-state index contributed by atoms with van der Waals surface area (Å²) < 4.78 is 0. The third-order valence-corrected chi connectivity index (χ3v) is 3.35. The van der Waals surface area contributed by atoms with Crippen molar-refractivity contribution in [2.24, 2.45) is 11.3 Å². The van der Waals surface area contributed by atoms with Gasteiger partial charge in [0.05, 0.1) is 6.07 Å². The molecular formula is C14H16N2O. The summed E-state index contributed by atoms with van der Waals surface area (Å²) in [6, 6.07) is 11.8. The van der Waals surface area contributed by atoms with Crippen LogP contribution in [0.1, 0.15) is 20.3 Å². The Morgan fingerprint density at radius 3 is 2.59 bits per heavy atom. The van der Waals surface area contributed by atoms with Crippen LogP contribution < -0.4 is 5.32 Å². The van der Waals surface area contributed by atoms with E-state index >= 15 is 0 Å². The van der Waals surface area contributed by atoms with Crippen molar-refractivity contribution < 1.29 is 4.79 Å². The summed E-state index contributed by atoms with van der Waals surface area (Å²) in [4.78, 5) is 12.0. The second-order valence-electron chi connectivity index (χ2n) is 5.18. The van der Waals surface area contributed by atoms with Crippen molar-refractivity contribution >= 4 is 11.5 Å². The predicted molar refractivity (Wildman–Crippen MR) is 66.4 cm³/mol. The molecule has 0 aromatic heterocycles. The van der Waals surface area contributed by atoms with Gasteiger partial charge in [-0.05, 0) is 18.6 Å².